The highest BCUT2D eigenvalue weighted by Crippen LogP contribution is 2.60. The zero-order valence-corrected chi connectivity index (χ0v) is 19.3. The van der Waals surface area contributed by atoms with E-state index >= 15 is 0 Å². The lowest BCUT2D eigenvalue weighted by Gasteiger charge is -2.44. The van der Waals surface area contributed by atoms with Crippen LogP contribution < -0.4 is 0 Å². The van der Waals surface area contributed by atoms with Gasteiger partial charge in [-0.25, -0.2) is 0 Å². The number of hydrogen-bond donors (Lipinski definition) is 2. The molecular weight excluding hydrogens is 356 g/mol. The lowest BCUT2D eigenvalue weighted by molar-refractivity contribution is 0.0596. The first-order valence-electron chi connectivity index (χ1n) is 12.1. The van der Waals surface area contributed by atoms with Crippen molar-refractivity contribution in [1.29, 1.82) is 0 Å². The lowest BCUT2D eigenvalue weighted by atomic mass is 9.60. The second kappa shape index (κ2) is 9.10. The van der Waals surface area contributed by atoms with Gasteiger partial charge in [-0.05, 0) is 100 Å². The predicted molar refractivity (Wildman–Crippen MR) is 123 cm³/mol. The van der Waals surface area contributed by atoms with Gasteiger partial charge in [-0.1, -0.05) is 56.6 Å². The fourth-order valence-corrected chi connectivity index (χ4v) is 6.67. The molecule has 3 fully saturated rings. The summed E-state index contributed by atoms with van der Waals surface area (Å²) < 4.78 is 0. The molecule has 0 aliphatic heterocycles. The van der Waals surface area contributed by atoms with Crippen molar-refractivity contribution < 1.29 is 10.2 Å². The van der Waals surface area contributed by atoms with Crippen molar-refractivity contribution in [2.75, 3.05) is 0 Å². The summed E-state index contributed by atoms with van der Waals surface area (Å²) in [5.41, 5.74) is 4.02. The Morgan fingerprint density at radius 2 is 1.97 bits per heavy atom. The van der Waals surface area contributed by atoms with Crippen molar-refractivity contribution in [3.63, 3.8) is 0 Å². The van der Waals surface area contributed by atoms with E-state index < -0.39 is 5.60 Å². The molecule has 29 heavy (non-hydrogen) atoms. The molecule has 0 heterocycles. The maximum atomic E-state index is 10.0. The third kappa shape index (κ3) is 5.44. The number of allylic oxidation sites excluding steroid dienone is 4. The first-order valence-corrected chi connectivity index (χ1v) is 12.1. The second-order valence-electron chi connectivity index (χ2n) is 11.2. The second-order valence-corrected chi connectivity index (χ2v) is 11.2. The molecule has 0 saturated heterocycles. The van der Waals surface area contributed by atoms with Gasteiger partial charge in [0.05, 0.1) is 11.7 Å². The van der Waals surface area contributed by atoms with E-state index in [0.29, 0.717) is 5.41 Å². The molecule has 2 N–H and O–H groups in total. The van der Waals surface area contributed by atoms with E-state index in [-0.39, 0.29) is 6.10 Å². The van der Waals surface area contributed by atoms with Crippen LogP contribution in [0.1, 0.15) is 98.3 Å². The number of aliphatic hydroxyl groups is 2. The van der Waals surface area contributed by atoms with E-state index in [2.05, 4.69) is 32.6 Å². The van der Waals surface area contributed by atoms with Crippen molar-refractivity contribution in [3.8, 4) is 0 Å². The van der Waals surface area contributed by atoms with Crippen LogP contribution in [0.15, 0.2) is 35.5 Å². The number of aliphatic hydroxyl groups excluding tert-OH is 1. The maximum absolute atomic E-state index is 10.0. The van der Waals surface area contributed by atoms with Gasteiger partial charge in [-0.15, -0.1) is 0 Å². The summed E-state index contributed by atoms with van der Waals surface area (Å²) in [7, 11) is 0. The van der Waals surface area contributed by atoms with E-state index in [4.69, 9.17) is 0 Å². The average molecular weight is 401 g/mol. The predicted octanol–water partition coefficient (Wildman–Crippen LogP) is 6.73. The molecule has 0 spiro atoms. The van der Waals surface area contributed by atoms with Crippen molar-refractivity contribution in [2.24, 2.45) is 23.2 Å². The van der Waals surface area contributed by atoms with E-state index in [1.165, 1.54) is 49.7 Å². The van der Waals surface area contributed by atoms with Gasteiger partial charge in [0.1, 0.15) is 0 Å². The molecule has 2 heteroatoms. The molecule has 3 rings (SSSR count). The Labute approximate surface area is 179 Å². The average Bonchev–Trinajstić information content (AvgIpc) is 2.99. The van der Waals surface area contributed by atoms with Crippen LogP contribution >= 0.6 is 0 Å². The minimum absolute atomic E-state index is 0.192. The van der Waals surface area contributed by atoms with Gasteiger partial charge in [-0.2, -0.15) is 0 Å². The highest BCUT2D eigenvalue weighted by molar-refractivity contribution is 5.36. The number of rotatable bonds is 6. The molecule has 0 radical (unpaired) electrons. The van der Waals surface area contributed by atoms with Crippen LogP contribution in [0.5, 0.6) is 0 Å². The molecular formula is C27H44O2. The zero-order valence-electron chi connectivity index (χ0n) is 19.3. The van der Waals surface area contributed by atoms with E-state index in [0.717, 1.165) is 49.9 Å². The Hall–Kier alpha value is -0.860. The van der Waals surface area contributed by atoms with Gasteiger partial charge in [0, 0.05) is 0 Å². The van der Waals surface area contributed by atoms with Gasteiger partial charge < -0.3 is 10.2 Å². The normalized spacial score (nSPS) is 37.2. The SMILES string of the molecule is C=C1CC[C@@H](O)C/C1=C\C=C1\CCC[C@]2(C)[C@@H]([C@H](C)CCCC(C)(C)O)CC[C@@H]12. The van der Waals surface area contributed by atoms with Crippen molar-refractivity contribution >= 4 is 0 Å². The Balaban J connectivity index is 1.68. The molecule has 0 bridgehead atoms. The van der Waals surface area contributed by atoms with Crippen LogP contribution in [0.3, 0.4) is 0 Å². The molecule has 0 aromatic carbocycles. The van der Waals surface area contributed by atoms with E-state index in [1.54, 1.807) is 5.57 Å². The quantitative estimate of drug-likeness (QED) is 0.518. The Morgan fingerprint density at radius 3 is 2.69 bits per heavy atom. The Kier molecular flexibility index (Phi) is 7.16. The third-order valence-corrected chi connectivity index (χ3v) is 8.36. The first-order chi connectivity index (χ1) is 13.6. The van der Waals surface area contributed by atoms with E-state index in [1.807, 2.05) is 13.8 Å². The molecule has 3 aliphatic rings. The summed E-state index contributed by atoms with van der Waals surface area (Å²) in [6.45, 7) is 13.1. The van der Waals surface area contributed by atoms with Gasteiger partial charge in [-0.3, -0.25) is 0 Å². The zero-order chi connectivity index (χ0) is 21.2. The Morgan fingerprint density at radius 1 is 1.21 bits per heavy atom. The molecule has 3 saturated carbocycles. The fraction of sp³-hybridized carbons (Fsp3) is 0.778. The van der Waals surface area contributed by atoms with Gasteiger partial charge in [0.15, 0.2) is 0 Å². The summed E-state index contributed by atoms with van der Waals surface area (Å²) in [5.74, 6) is 2.26. The minimum Gasteiger partial charge on any atom is -0.393 e. The van der Waals surface area contributed by atoms with Crippen molar-refractivity contribution in [3.05, 3.63) is 35.5 Å². The van der Waals surface area contributed by atoms with Gasteiger partial charge >= 0.3 is 0 Å². The monoisotopic (exact) mass is 400 g/mol. The molecule has 2 nitrogen and oxygen atoms in total. The van der Waals surface area contributed by atoms with Crippen LogP contribution in [-0.2, 0) is 0 Å². The molecule has 164 valence electrons. The first kappa shape index (κ1) is 22.8. The molecule has 0 amide bonds. The van der Waals surface area contributed by atoms with Crippen LogP contribution in [0.4, 0.5) is 0 Å². The number of hydrogen-bond acceptors (Lipinski definition) is 2. The Bertz CT molecular complexity index is 650. The summed E-state index contributed by atoms with van der Waals surface area (Å²) in [6.07, 6.45) is 16.9. The van der Waals surface area contributed by atoms with Crippen LogP contribution in [-0.4, -0.2) is 21.9 Å². The van der Waals surface area contributed by atoms with E-state index in [9.17, 15) is 10.2 Å². The number of fused-ring (bicyclic) bond motifs is 1. The summed E-state index contributed by atoms with van der Waals surface area (Å²) in [4.78, 5) is 0. The standard InChI is InChI=1S/C27H44O2/c1-19-10-13-23(28)18-22(19)12-11-21-9-7-17-27(5)24(14-15-25(21)27)20(2)8-6-16-26(3,4)29/h11-12,20,23-25,28-29H,1,6-10,13-18H2,2-5H3/b21-11-,22-12+/t20-,23-,24-,25+,27-/m1/s1. The van der Waals surface area contributed by atoms with Crippen molar-refractivity contribution in [2.45, 2.75) is 110 Å². The van der Waals surface area contributed by atoms with Crippen LogP contribution in [0.2, 0.25) is 0 Å². The van der Waals surface area contributed by atoms with Crippen LogP contribution in [0, 0.1) is 23.2 Å². The smallest absolute Gasteiger partial charge is 0.0591 e. The largest absolute Gasteiger partial charge is 0.393 e. The molecule has 5 atom stereocenters. The molecule has 0 aromatic rings. The fourth-order valence-electron chi connectivity index (χ4n) is 6.67. The summed E-state index contributed by atoms with van der Waals surface area (Å²) >= 11 is 0. The summed E-state index contributed by atoms with van der Waals surface area (Å²) in [6, 6.07) is 0. The topological polar surface area (TPSA) is 40.5 Å². The highest BCUT2D eigenvalue weighted by atomic mass is 16.3. The van der Waals surface area contributed by atoms with Crippen LogP contribution in [0.25, 0.3) is 0 Å². The minimum atomic E-state index is -0.535. The lowest BCUT2D eigenvalue weighted by Crippen LogP contribution is -2.36. The molecule has 0 aromatic heterocycles. The maximum Gasteiger partial charge on any atom is 0.0591 e. The highest BCUT2D eigenvalue weighted by Gasteiger charge is 2.50. The van der Waals surface area contributed by atoms with Gasteiger partial charge in [0.2, 0.25) is 0 Å². The molecule has 3 aliphatic carbocycles. The van der Waals surface area contributed by atoms with Gasteiger partial charge in [0.25, 0.3) is 0 Å². The molecule has 0 unspecified atom stereocenters. The third-order valence-electron chi connectivity index (χ3n) is 8.36. The van der Waals surface area contributed by atoms with Crippen molar-refractivity contribution in [1.82, 2.24) is 0 Å². The summed E-state index contributed by atoms with van der Waals surface area (Å²) in [5, 5.41) is 20.1.